The summed E-state index contributed by atoms with van der Waals surface area (Å²) >= 11 is 1.46. The molecule has 6 heteroatoms. The number of piperazine rings is 1. The van der Waals surface area contributed by atoms with Crippen molar-refractivity contribution < 1.29 is 14.3 Å². The van der Waals surface area contributed by atoms with Crippen molar-refractivity contribution in [2.75, 3.05) is 33.4 Å². The number of ether oxygens (including phenoxy) is 1. The third-order valence-corrected chi connectivity index (χ3v) is 5.51. The number of hydrogen-bond donors (Lipinski definition) is 0. The van der Waals surface area contributed by atoms with Crippen molar-refractivity contribution in [1.29, 1.82) is 0 Å². The largest absolute Gasteiger partial charge is 0.383 e. The Hall–Kier alpha value is -1.24. The summed E-state index contributed by atoms with van der Waals surface area (Å²) in [7, 11) is 1.71. The van der Waals surface area contributed by atoms with Crippen LogP contribution in [-0.2, 0) is 9.53 Å². The lowest BCUT2D eigenvalue weighted by molar-refractivity contribution is -0.135. The molecule has 0 radical (unpaired) electrons. The van der Waals surface area contributed by atoms with E-state index in [0.29, 0.717) is 38.0 Å². The van der Waals surface area contributed by atoms with Crippen LogP contribution in [0.4, 0.5) is 0 Å². The van der Waals surface area contributed by atoms with Gasteiger partial charge in [0.1, 0.15) is 0 Å². The van der Waals surface area contributed by atoms with Gasteiger partial charge in [-0.15, -0.1) is 11.3 Å². The van der Waals surface area contributed by atoms with Gasteiger partial charge in [-0.25, -0.2) is 0 Å². The number of ketones is 1. The van der Waals surface area contributed by atoms with Gasteiger partial charge in [0.2, 0.25) is 5.91 Å². The average molecular weight is 352 g/mol. The molecule has 0 spiro atoms. The molecule has 1 aliphatic rings. The summed E-state index contributed by atoms with van der Waals surface area (Å²) in [4.78, 5) is 29.6. The van der Waals surface area contributed by atoms with E-state index in [-0.39, 0.29) is 11.7 Å². The van der Waals surface area contributed by atoms with Gasteiger partial charge < -0.3 is 9.64 Å². The minimum Gasteiger partial charge on any atom is -0.383 e. The Morgan fingerprint density at radius 2 is 1.96 bits per heavy atom. The highest BCUT2D eigenvalue weighted by Crippen LogP contribution is 2.18. The zero-order valence-corrected chi connectivity index (χ0v) is 15.7. The first-order valence-corrected chi connectivity index (χ1v) is 9.50. The molecule has 0 aliphatic carbocycles. The van der Waals surface area contributed by atoms with Crippen molar-refractivity contribution in [3.8, 4) is 0 Å². The van der Waals surface area contributed by atoms with E-state index in [4.69, 9.17) is 4.74 Å². The van der Waals surface area contributed by atoms with E-state index in [1.54, 1.807) is 7.11 Å². The summed E-state index contributed by atoms with van der Waals surface area (Å²) in [5.74, 6) is 0.308. The van der Waals surface area contributed by atoms with Crippen LogP contribution in [0.2, 0.25) is 0 Å². The molecule has 2 atom stereocenters. The van der Waals surface area contributed by atoms with E-state index in [1.165, 1.54) is 11.3 Å². The fourth-order valence-corrected chi connectivity index (χ4v) is 4.01. The maximum absolute atomic E-state index is 12.5. The van der Waals surface area contributed by atoms with Gasteiger partial charge >= 0.3 is 0 Å². The Balaban J connectivity index is 1.76. The Kier molecular flexibility index (Phi) is 7.40. The van der Waals surface area contributed by atoms with E-state index in [1.807, 2.05) is 22.4 Å². The van der Waals surface area contributed by atoms with Gasteiger partial charge in [0.05, 0.1) is 11.5 Å². The van der Waals surface area contributed by atoms with Crippen molar-refractivity contribution in [3.05, 3.63) is 22.4 Å². The molecule has 1 saturated heterocycles. The molecule has 134 valence electrons. The van der Waals surface area contributed by atoms with Crippen LogP contribution >= 0.6 is 11.3 Å². The molecule has 5 nitrogen and oxygen atoms in total. The molecular formula is C18H28N2O3S. The molecular weight excluding hydrogens is 324 g/mol. The SMILES string of the molecule is COCCN1C(C)CN(C(=O)CCCC(=O)c2cccs2)CC1C. The van der Waals surface area contributed by atoms with Crippen molar-refractivity contribution >= 4 is 23.0 Å². The number of carbonyl (C=O) groups excluding carboxylic acids is 2. The third-order valence-electron chi connectivity index (χ3n) is 4.60. The minimum atomic E-state index is 0.143. The molecule has 0 bridgehead atoms. The molecule has 2 unspecified atom stereocenters. The molecule has 1 aliphatic heterocycles. The highest BCUT2D eigenvalue weighted by Gasteiger charge is 2.31. The number of thiophene rings is 1. The lowest BCUT2D eigenvalue weighted by Crippen LogP contribution is -2.58. The Labute approximate surface area is 148 Å². The molecule has 1 aromatic rings. The summed E-state index contributed by atoms with van der Waals surface area (Å²) in [6.07, 6.45) is 1.53. The van der Waals surface area contributed by atoms with Crippen LogP contribution in [0.3, 0.4) is 0 Å². The predicted molar refractivity (Wildman–Crippen MR) is 96.6 cm³/mol. The monoisotopic (exact) mass is 352 g/mol. The topological polar surface area (TPSA) is 49.9 Å². The standard InChI is InChI=1S/C18H28N2O3S/c1-14-12-19(13-15(2)20(14)9-10-23-3)18(22)8-4-6-16(21)17-7-5-11-24-17/h5,7,11,14-15H,4,6,8-10,12-13H2,1-3H3. The van der Waals surface area contributed by atoms with Crippen LogP contribution in [0.15, 0.2) is 17.5 Å². The first kappa shape index (κ1) is 19.1. The van der Waals surface area contributed by atoms with E-state index in [2.05, 4.69) is 18.7 Å². The van der Waals surface area contributed by atoms with Crippen molar-refractivity contribution in [2.45, 2.75) is 45.2 Å². The molecule has 1 aromatic heterocycles. The van der Waals surface area contributed by atoms with Crippen molar-refractivity contribution in [2.24, 2.45) is 0 Å². The number of methoxy groups -OCH3 is 1. The molecule has 24 heavy (non-hydrogen) atoms. The highest BCUT2D eigenvalue weighted by atomic mass is 32.1. The molecule has 2 heterocycles. The average Bonchev–Trinajstić information content (AvgIpc) is 3.08. The van der Waals surface area contributed by atoms with Gasteiger partial charge in [-0.1, -0.05) is 6.07 Å². The second-order valence-electron chi connectivity index (χ2n) is 6.48. The molecule has 0 N–H and O–H groups in total. The van der Waals surface area contributed by atoms with Gasteiger partial charge in [-0.05, 0) is 31.7 Å². The van der Waals surface area contributed by atoms with Crippen LogP contribution in [0.5, 0.6) is 0 Å². The van der Waals surface area contributed by atoms with Gasteiger partial charge in [-0.2, -0.15) is 0 Å². The Morgan fingerprint density at radius 1 is 1.25 bits per heavy atom. The van der Waals surface area contributed by atoms with Crippen LogP contribution in [0.1, 0.15) is 42.8 Å². The number of nitrogens with zero attached hydrogens (tertiary/aromatic N) is 2. The Morgan fingerprint density at radius 3 is 2.54 bits per heavy atom. The second kappa shape index (κ2) is 9.30. The first-order valence-electron chi connectivity index (χ1n) is 8.62. The van der Waals surface area contributed by atoms with Gasteiger partial charge in [0, 0.05) is 51.7 Å². The zero-order valence-electron chi connectivity index (χ0n) is 14.9. The summed E-state index contributed by atoms with van der Waals surface area (Å²) in [6, 6.07) is 4.40. The lowest BCUT2D eigenvalue weighted by Gasteiger charge is -2.44. The fraction of sp³-hybridized carbons (Fsp3) is 0.667. The van der Waals surface area contributed by atoms with E-state index in [9.17, 15) is 9.59 Å². The van der Waals surface area contributed by atoms with Crippen LogP contribution in [-0.4, -0.2) is 66.9 Å². The maximum atomic E-state index is 12.5. The zero-order chi connectivity index (χ0) is 17.5. The minimum absolute atomic E-state index is 0.143. The summed E-state index contributed by atoms with van der Waals surface area (Å²) in [5, 5.41) is 1.91. The first-order chi connectivity index (χ1) is 11.5. The van der Waals surface area contributed by atoms with Crippen LogP contribution < -0.4 is 0 Å². The van der Waals surface area contributed by atoms with Gasteiger partial charge in [-0.3, -0.25) is 14.5 Å². The summed E-state index contributed by atoms with van der Waals surface area (Å²) < 4.78 is 5.17. The highest BCUT2D eigenvalue weighted by molar-refractivity contribution is 7.12. The van der Waals surface area contributed by atoms with E-state index < -0.39 is 0 Å². The summed E-state index contributed by atoms with van der Waals surface area (Å²) in [5.41, 5.74) is 0. The second-order valence-corrected chi connectivity index (χ2v) is 7.43. The van der Waals surface area contributed by atoms with Gasteiger partial charge in [0.15, 0.2) is 5.78 Å². The predicted octanol–water partition coefficient (Wildman–Crippen LogP) is 2.67. The molecule has 0 saturated carbocycles. The molecule has 0 aromatic carbocycles. The number of amides is 1. The lowest BCUT2D eigenvalue weighted by atomic mass is 10.1. The normalized spacial score (nSPS) is 21.9. The Bertz CT molecular complexity index is 520. The molecule has 1 amide bonds. The number of hydrogen-bond acceptors (Lipinski definition) is 5. The molecule has 1 fully saturated rings. The van der Waals surface area contributed by atoms with Crippen LogP contribution in [0.25, 0.3) is 0 Å². The number of Topliss-reactive ketones (excluding diaryl/α,β-unsaturated/α-hetero) is 1. The fourth-order valence-electron chi connectivity index (χ4n) is 3.32. The summed E-state index contributed by atoms with van der Waals surface area (Å²) in [6.45, 7) is 7.44. The quantitative estimate of drug-likeness (QED) is 0.675. The van der Waals surface area contributed by atoms with Gasteiger partial charge in [0.25, 0.3) is 0 Å². The molecule has 2 rings (SSSR count). The number of carbonyl (C=O) groups is 2. The number of rotatable bonds is 8. The third kappa shape index (κ3) is 5.13. The maximum Gasteiger partial charge on any atom is 0.222 e. The van der Waals surface area contributed by atoms with Crippen molar-refractivity contribution in [3.63, 3.8) is 0 Å². The van der Waals surface area contributed by atoms with Crippen LogP contribution in [0, 0.1) is 0 Å². The smallest absolute Gasteiger partial charge is 0.222 e. The van der Waals surface area contributed by atoms with E-state index >= 15 is 0 Å². The van der Waals surface area contributed by atoms with E-state index in [0.717, 1.165) is 24.5 Å². The van der Waals surface area contributed by atoms with Crippen molar-refractivity contribution in [1.82, 2.24) is 9.80 Å².